The number of β-amino-alcohol motifs (C(OH)–C–C–N with tert-alkyl or cyclic N) is 1. The van der Waals surface area contributed by atoms with Crippen molar-refractivity contribution in [2.45, 2.75) is 62.5 Å². The van der Waals surface area contributed by atoms with Crippen LogP contribution in [-0.2, 0) is 4.74 Å². The van der Waals surface area contributed by atoms with Crippen molar-refractivity contribution in [1.29, 1.82) is 0 Å². The highest BCUT2D eigenvalue weighted by Crippen LogP contribution is 2.50. The van der Waals surface area contributed by atoms with Crippen LogP contribution in [0.3, 0.4) is 0 Å². The molecule has 2 aromatic carbocycles. The Labute approximate surface area is 248 Å². The number of phenolic OH excluding ortho intramolecular Hbond substituents is 1. The Morgan fingerprint density at radius 1 is 1.12 bits per heavy atom. The average molecular weight is 601 g/mol. The van der Waals surface area contributed by atoms with Crippen LogP contribution in [0.25, 0.3) is 22.0 Å². The maximum Gasteiger partial charge on any atom is 0.319 e. The van der Waals surface area contributed by atoms with Gasteiger partial charge in [0.05, 0.1) is 30.9 Å². The van der Waals surface area contributed by atoms with Crippen LogP contribution in [0.5, 0.6) is 11.8 Å². The van der Waals surface area contributed by atoms with Crippen molar-refractivity contribution in [2.75, 3.05) is 50.9 Å². The van der Waals surface area contributed by atoms with Crippen LogP contribution < -0.4 is 9.64 Å². The number of aromatic nitrogens is 2. The molecule has 1 atom stereocenters. The third-order valence-corrected chi connectivity index (χ3v) is 9.55. The predicted octanol–water partition coefficient (Wildman–Crippen LogP) is 5.41. The fraction of sp³-hybridized carbons (Fsp3) is 0.548. The number of rotatable bonds is 6. The lowest BCUT2D eigenvalue weighted by atomic mass is 9.94. The molecule has 4 heterocycles. The summed E-state index contributed by atoms with van der Waals surface area (Å²) >= 11 is 6.49. The topological polar surface area (TPSA) is 91.2 Å². The second-order valence-corrected chi connectivity index (χ2v) is 13.0. The zero-order valence-corrected chi connectivity index (χ0v) is 24.4. The molecule has 1 unspecified atom stereocenters. The first-order valence-electron chi connectivity index (χ1n) is 14.8. The van der Waals surface area contributed by atoms with Crippen molar-refractivity contribution in [1.82, 2.24) is 14.9 Å². The van der Waals surface area contributed by atoms with Gasteiger partial charge in [-0.25, -0.2) is 8.78 Å². The van der Waals surface area contributed by atoms with Gasteiger partial charge in [0, 0.05) is 17.0 Å². The molecule has 4 aliphatic rings. The molecule has 3 aliphatic heterocycles. The van der Waals surface area contributed by atoms with E-state index in [-0.39, 0.29) is 69.2 Å². The van der Waals surface area contributed by atoms with Crippen LogP contribution in [0.15, 0.2) is 18.2 Å². The molecule has 0 radical (unpaired) electrons. The normalized spacial score (nSPS) is 24.3. The van der Waals surface area contributed by atoms with Gasteiger partial charge in [-0.05, 0) is 93.8 Å². The lowest BCUT2D eigenvalue weighted by molar-refractivity contribution is -0.0123. The largest absolute Gasteiger partial charge is 0.508 e. The van der Waals surface area contributed by atoms with Gasteiger partial charge in [0.25, 0.3) is 0 Å². The predicted molar refractivity (Wildman–Crippen MR) is 155 cm³/mol. The summed E-state index contributed by atoms with van der Waals surface area (Å²) in [5.41, 5.74) is -0.816. The molecule has 8 nitrogen and oxygen atoms in total. The molecule has 1 saturated carbocycles. The molecular formula is C31H35ClF2N4O4. The van der Waals surface area contributed by atoms with Crippen molar-refractivity contribution in [3.63, 3.8) is 0 Å². The molecule has 0 amide bonds. The molecule has 3 saturated heterocycles. The molecule has 4 fully saturated rings. The summed E-state index contributed by atoms with van der Waals surface area (Å²) in [7, 11) is 0. The second kappa shape index (κ2) is 10.4. The number of nitrogens with zero attached hydrogens (tertiary/aromatic N) is 4. The maximum absolute atomic E-state index is 16.6. The van der Waals surface area contributed by atoms with E-state index in [9.17, 15) is 10.2 Å². The van der Waals surface area contributed by atoms with Crippen molar-refractivity contribution in [3.8, 4) is 22.9 Å². The number of aliphatic hydroxyl groups is 1. The average Bonchev–Trinajstić information content (AvgIpc) is 3.60. The summed E-state index contributed by atoms with van der Waals surface area (Å²) in [6.45, 7) is 5.04. The summed E-state index contributed by atoms with van der Waals surface area (Å²) in [6.07, 6.45) is 5.95. The van der Waals surface area contributed by atoms with Gasteiger partial charge in [-0.2, -0.15) is 9.97 Å². The third kappa shape index (κ3) is 4.96. The zero-order valence-electron chi connectivity index (χ0n) is 23.6. The number of benzene rings is 2. The van der Waals surface area contributed by atoms with E-state index in [0.717, 1.165) is 51.6 Å². The molecule has 1 aromatic heterocycles. The molecule has 3 aromatic rings. The Bertz CT molecular complexity index is 1540. The molecule has 0 spiro atoms. The standard InChI is InChI=1S/C31H35ClF2N4O4/c1-30(40)15-37(10-11-41-16-30)28-21-14-23(33)25(20-12-19(39)13-22(32)24(20)18-4-5-18)26(34)27(21)35-29(36-28)42-17-31-6-2-8-38(31)9-3-7-31/h12-14,18,39-40H,2-11,15-17H2,1H3. The molecule has 42 heavy (non-hydrogen) atoms. The first-order chi connectivity index (χ1) is 20.1. The van der Waals surface area contributed by atoms with Gasteiger partial charge in [0.1, 0.15) is 35.1 Å². The number of anilines is 1. The van der Waals surface area contributed by atoms with Crippen molar-refractivity contribution < 1.29 is 28.5 Å². The summed E-state index contributed by atoms with van der Waals surface area (Å²) in [5.74, 6) is -1.52. The van der Waals surface area contributed by atoms with Gasteiger partial charge in [0.15, 0.2) is 5.82 Å². The molecule has 224 valence electrons. The number of hydrogen-bond acceptors (Lipinski definition) is 8. The van der Waals surface area contributed by atoms with Gasteiger partial charge in [-0.3, -0.25) is 4.90 Å². The van der Waals surface area contributed by atoms with Crippen LogP contribution >= 0.6 is 11.6 Å². The van der Waals surface area contributed by atoms with Gasteiger partial charge in [-0.1, -0.05) is 11.6 Å². The number of halogens is 3. The summed E-state index contributed by atoms with van der Waals surface area (Å²) < 4.78 is 44.5. The number of aromatic hydroxyl groups is 1. The summed E-state index contributed by atoms with van der Waals surface area (Å²) in [6, 6.07) is 4.01. The van der Waals surface area contributed by atoms with E-state index < -0.39 is 17.2 Å². The molecule has 2 N–H and O–H groups in total. The smallest absolute Gasteiger partial charge is 0.319 e. The number of hydrogen-bond donors (Lipinski definition) is 2. The fourth-order valence-corrected chi connectivity index (χ4v) is 7.52. The Balaban J connectivity index is 1.38. The van der Waals surface area contributed by atoms with E-state index in [0.29, 0.717) is 25.3 Å². The van der Waals surface area contributed by atoms with E-state index in [1.807, 2.05) is 0 Å². The van der Waals surface area contributed by atoms with Crippen LogP contribution in [-0.4, -0.2) is 82.2 Å². The molecule has 0 bridgehead atoms. The van der Waals surface area contributed by atoms with E-state index in [1.54, 1.807) is 11.8 Å². The molecule has 7 rings (SSSR count). The summed E-state index contributed by atoms with van der Waals surface area (Å²) in [5, 5.41) is 21.7. The fourth-order valence-electron chi connectivity index (χ4n) is 7.15. The number of fused-ring (bicyclic) bond motifs is 2. The van der Waals surface area contributed by atoms with Gasteiger partial charge < -0.3 is 24.6 Å². The van der Waals surface area contributed by atoms with Gasteiger partial charge in [-0.15, -0.1) is 0 Å². The quantitative estimate of drug-likeness (QED) is 0.388. The highest BCUT2D eigenvalue weighted by Gasteiger charge is 2.45. The van der Waals surface area contributed by atoms with Gasteiger partial charge >= 0.3 is 6.01 Å². The monoisotopic (exact) mass is 600 g/mol. The van der Waals surface area contributed by atoms with Crippen LogP contribution in [0.1, 0.15) is 56.9 Å². The third-order valence-electron chi connectivity index (χ3n) is 9.24. The SMILES string of the molecule is CC1(O)COCCN(c2nc(OCC34CCCN3CCC4)nc3c(F)c(-c4cc(O)cc(Cl)c4C4CC4)c(F)cc23)C1. The Kier molecular flexibility index (Phi) is 6.96. The Hall–Kier alpha value is -2.79. The Morgan fingerprint density at radius 2 is 1.88 bits per heavy atom. The van der Waals surface area contributed by atoms with E-state index in [1.165, 1.54) is 18.2 Å². The van der Waals surface area contributed by atoms with E-state index in [4.69, 9.17) is 21.1 Å². The summed E-state index contributed by atoms with van der Waals surface area (Å²) in [4.78, 5) is 13.4. The highest BCUT2D eigenvalue weighted by atomic mass is 35.5. The minimum Gasteiger partial charge on any atom is -0.508 e. The number of ether oxygens (including phenoxy) is 2. The van der Waals surface area contributed by atoms with E-state index >= 15 is 8.78 Å². The first-order valence-corrected chi connectivity index (χ1v) is 15.2. The van der Waals surface area contributed by atoms with Crippen molar-refractivity contribution in [3.05, 3.63) is 40.4 Å². The lowest BCUT2D eigenvalue weighted by Gasteiger charge is -2.32. The number of phenols is 1. The highest BCUT2D eigenvalue weighted by molar-refractivity contribution is 6.32. The second-order valence-electron chi connectivity index (χ2n) is 12.6. The Morgan fingerprint density at radius 3 is 2.62 bits per heavy atom. The minimum atomic E-state index is -1.20. The van der Waals surface area contributed by atoms with E-state index in [2.05, 4.69) is 14.9 Å². The lowest BCUT2D eigenvalue weighted by Crippen LogP contribution is -2.44. The van der Waals surface area contributed by atoms with Crippen LogP contribution in [0, 0.1) is 11.6 Å². The zero-order chi connectivity index (χ0) is 29.2. The maximum atomic E-state index is 16.6. The molecular weight excluding hydrogens is 566 g/mol. The molecule has 11 heteroatoms. The first kappa shape index (κ1) is 28.0. The van der Waals surface area contributed by atoms with Gasteiger partial charge in [0.2, 0.25) is 0 Å². The molecule has 1 aliphatic carbocycles. The van der Waals surface area contributed by atoms with Crippen LogP contribution in [0.2, 0.25) is 5.02 Å². The van der Waals surface area contributed by atoms with Crippen molar-refractivity contribution in [2.24, 2.45) is 0 Å². The van der Waals surface area contributed by atoms with Crippen LogP contribution in [0.4, 0.5) is 14.6 Å². The minimum absolute atomic E-state index is 0.00301. The van der Waals surface area contributed by atoms with Crippen molar-refractivity contribution >= 4 is 28.3 Å².